The average Bonchev–Trinajstić information content (AvgIpc) is 2.78. The van der Waals surface area contributed by atoms with E-state index in [1.165, 1.54) is 6.21 Å². The number of hydrogen-bond acceptors (Lipinski definition) is 5. The summed E-state index contributed by atoms with van der Waals surface area (Å²) < 4.78 is 16.3. The molecule has 0 aromatic heterocycles. The standard InChI is InChI=1S/C23H20Cl2N2O4/c1-29-18-9-10-21(30-2)16(11-18)13-26-27-23(28)19-5-3-4-6-22(19)31-14-15-7-8-17(24)12-20(15)25/h3-13H,14H2,1-2H3,(H,27,28)/b26-13+. The molecule has 0 radical (unpaired) electrons. The maximum absolute atomic E-state index is 12.7. The summed E-state index contributed by atoms with van der Waals surface area (Å²) in [4.78, 5) is 12.7. The minimum absolute atomic E-state index is 0.185. The molecule has 1 amide bonds. The van der Waals surface area contributed by atoms with Gasteiger partial charge in [0.15, 0.2) is 0 Å². The number of nitrogens with one attached hydrogen (secondary N) is 1. The Labute approximate surface area is 190 Å². The number of methoxy groups -OCH3 is 2. The Kier molecular flexibility index (Phi) is 7.76. The van der Waals surface area contributed by atoms with E-state index < -0.39 is 5.91 Å². The maximum Gasteiger partial charge on any atom is 0.275 e. The third kappa shape index (κ3) is 5.90. The molecule has 0 aliphatic heterocycles. The van der Waals surface area contributed by atoms with Crippen LogP contribution in [0.3, 0.4) is 0 Å². The Hall–Kier alpha value is -3.22. The summed E-state index contributed by atoms with van der Waals surface area (Å²) in [6.45, 7) is 0.185. The van der Waals surface area contributed by atoms with Gasteiger partial charge in [0.2, 0.25) is 0 Å². The maximum atomic E-state index is 12.7. The summed E-state index contributed by atoms with van der Waals surface area (Å²) in [6, 6.07) is 17.3. The summed E-state index contributed by atoms with van der Waals surface area (Å²) in [5, 5.41) is 5.07. The summed E-state index contributed by atoms with van der Waals surface area (Å²) in [5.74, 6) is 1.23. The van der Waals surface area contributed by atoms with Gasteiger partial charge in [0.05, 0.1) is 26.0 Å². The minimum atomic E-state index is -0.420. The van der Waals surface area contributed by atoms with Crippen LogP contribution in [-0.4, -0.2) is 26.3 Å². The van der Waals surface area contributed by atoms with E-state index in [-0.39, 0.29) is 6.61 Å². The smallest absolute Gasteiger partial charge is 0.275 e. The molecule has 6 nitrogen and oxygen atoms in total. The highest BCUT2D eigenvalue weighted by molar-refractivity contribution is 6.35. The molecule has 0 heterocycles. The number of rotatable bonds is 8. The molecule has 3 aromatic rings. The molecular formula is C23H20Cl2N2O4. The van der Waals surface area contributed by atoms with Crippen LogP contribution in [0.15, 0.2) is 65.8 Å². The van der Waals surface area contributed by atoms with Crippen LogP contribution in [0, 0.1) is 0 Å². The Morgan fingerprint density at radius 2 is 1.81 bits per heavy atom. The van der Waals surface area contributed by atoms with Crippen molar-refractivity contribution in [1.29, 1.82) is 0 Å². The molecule has 0 fully saturated rings. The molecular weight excluding hydrogens is 439 g/mol. The lowest BCUT2D eigenvalue weighted by atomic mass is 10.2. The van der Waals surface area contributed by atoms with Crippen molar-refractivity contribution in [3.63, 3.8) is 0 Å². The lowest BCUT2D eigenvalue weighted by molar-refractivity contribution is 0.0950. The van der Waals surface area contributed by atoms with Gasteiger partial charge < -0.3 is 14.2 Å². The largest absolute Gasteiger partial charge is 0.497 e. The second-order valence-corrected chi connectivity index (χ2v) is 7.17. The van der Waals surface area contributed by atoms with Crippen molar-refractivity contribution in [2.75, 3.05) is 14.2 Å². The van der Waals surface area contributed by atoms with Crippen LogP contribution in [0.25, 0.3) is 0 Å². The van der Waals surface area contributed by atoms with Gasteiger partial charge in [0.25, 0.3) is 5.91 Å². The van der Waals surface area contributed by atoms with Crippen LogP contribution in [0.5, 0.6) is 17.2 Å². The molecule has 0 saturated carbocycles. The predicted octanol–water partition coefficient (Wildman–Crippen LogP) is 5.35. The molecule has 0 saturated heterocycles. The molecule has 0 aliphatic carbocycles. The van der Waals surface area contributed by atoms with E-state index in [9.17, 15) is 4.79 Å². The van der Waals surface area contributed by atoms with E-state index in [4.69, 9.17) is 37.4 Å². The summed E-state index contributed by atoms with van der Waals surface area (Å²) in [5.41, 5.74) is 4.25. The highest BCUT2D eigenvalue weighted by atomic mass is 35.5. The highest BCUT2D eigenvalue weighted by Crippen LogP contribution is 2.25. The van der Waals surface area contributed by atoms with E-state index in [1.54, 1.807) is 74.9 Å². The first-order valence-electron chi connectivity index (χ1n) is 9.23. The van der Waals surface area contributed by atoms with E-state index in [0.29, 0.717) is 38.4 Å². The molecule has 0 spiro atoms. The molecule has 31 heavy (non-hydrogen) atoms. The number of halogens is 2. The van der Waals surface area contributed by atoms with Crippen molar-refractivity contribution < 1.29 is 19.0 Å². The van der Waals surface area contributed by atoms with Crippen LogP contribution >= 0.6 is 23.2 Å². The van der Waals surface area contributed by atoms with Gasteiger partial charge in [-0.1, -0.05) is 41.4 Å². The van der Waals surface area contributed by atoms with Crippen LogP contribution < -0.4 is 19.6 Å². The van der Waals surface area contributed by atoms with Gasteiger partial charge in [-0.05, 0) is 42.5 Å². The van der Waals surface area contributed by atoms with Crippen LogP contribution in [0.2, 0.25) is 10.0 Å². The average molecular weight is 459 g/mol. The fraction of sp³-hybridized carbons (Fsp3) is 0.130. The third-order valence-corrected chi connectivity index (χ3v) is 4.92. The van der Waals surface area contributed by atoms with E-state index in [1.807, 2.05) is 0 Å². The number of amides is 1. The number of hydrazone groups is 1. The quantitative estimate of drug-likeness (QED) is 0.364. The van der Waals surface area contributed by atoms with E-state index >= 15 is 0 Å². The Morgan fingerprint density at radius 3 is 2.55 bits per heavy atom. The Bertz CT molecular complexity index is 1100. The molecule has 3 aromatic carbocycles. The molecule has 8 heteroatoms. The topological polar surface area (TPSA) is 69.2 Å². The van der Waals surface area contributed by atoms with Gasteiger partial charge in [-0.15, -0.1) is 0 Å². The number of nitrogens with zero attached hydrogens (tertiary/aromatic N) is 1. The van der Waals surface area contributed by atoms with Crippen LogP contribution in [0.4, 0.5) is 0 Å². The zero-order chi connectivity index (χ0) is 22.2. The lowest BCUT2D eigenvalue weighted by Crippen LogP contribution is -2.18. The van der Waals surface area contributed by atoms with Gasteiger partial charge in [0, 0.05) is 21.2 Å². The monoisotopic (exact) mass is 458 g/mol. The fourth-order valence-corrected chi connectivity index (χ4v) is 3.20. The van der Waals surface area contributed by atoms with Crippen molar-refractivity contribution >= 4 is 35.3 Å². The number of para-hydroxylation sites is 1. The molecule has 3 rings (SSSR count). The lowest BCUT2D eigenvalue weighted by Gasteiger charge is -2.11. The summed E-state index contributed by atoms with van der Waals surface area (Å²) in [7, 11) is 3.12. The van der Waals surface area contributed by atoms with Crippen molar-refractivity contribution in [1.82, 2.24) is 5.43 Å². The van der Waals surface area contributed by atoms with Crippen molar-refractivity contribution in [2.24, 2.45) is 5.10 Å². The SMILES string of the molecule is COc1ccc(OC)c(/C=N/NC(=O)c2ccccc2OCc2ccc(Cl)cc2Cl)c1. The first-order valence-corrected chi connectivity index (χ1v) is 9.98. The number of benzene rings is 3. The number of carbonyl (C=O) groups is 1. The first kappa shape index (κ1) is 22.5. The number of ether oxygens (including phenoxy) is 3. The Morgan fingerprint density at radius 1 is 1.00 bits per heavy atom. The van der Waals surface area contributed by atoms with Crippen LogP contribution in [0.1, 0.15) is 21.5 Å². The molecule has 0 bridgehead atoms. The first-order chi connectivity index (χ1) is 15.0. The van der Waals surface area contributed by atoms with Crippen molar-refractivity contribution in [3.05, 3.63) is 87.4 Å². The molecule has 0 unspecified atom stereocenters. The second-order valence-electron chi connectivity index (χ2n) is 6.33. The predicted molar refractivity (Wildman–Crippen MR) is 122 cm³/mol. The third-order valence-electron chi connectivity index (χ3n) is 4.34. The molecule has 1 N–H and O–H groups in total. The molecule has 0 aliphatic rings. The van der Waals surface area contributed by atoms with E-state index in [0.717, 1.165) is 5.56 Å². The van der Waals surface area contributed by atoms with Crippen molar-refractivity contribution in [3.8, 4) is 17.2 Å². The summed E-state index contributed by atoms with van der Waals surface area (Å²) in [6.07, 6.45) is 1.48. The number of carbonyl (C=O) groups excluding carboxylic acids is 1. The van der Waals surface area contributed by atoms with Gasteiger partial charge in [-0.25, -0.2) is 5.43 Å². The zero-order valence-electron chi connectivity index (χ0n) is 16.9. The Balaban J connectivity index is 1.71. The zero-order valence-corrected chi connectivity index (χ0v) is 18.4. The van der Waals surface area contributed by atoms with Crippen molar-refractivity contribution in [2.45, 2.75) is 6.61 Å². The van der Waals surface area contributed by atoms with E-state index in [2.05, 4.69) is 10.5 Å². The second kappa shape index (κ2) is 10.7. The fourth-order valence-electron chi connectivity index (χ4n) is 2.74. The minimum Gasteiger partial charge on any atom is -0.497 e. The normalized spacial score (nSPS) is 10.7. The van der Waals surface area contributed by atoms with Gasteiger partial charge in [-0.2, -0.15) is 5.10 Å². The molecule has 160 valence electrons. The van der Waals surface area contributed by atoms with Gasteiger partial charge in [-0.3, -0.25) is 4.79 Å². The molecule has 0 atom stereocenters. The number of hydrogen-bond donors (Lipinski definition) is 1. The van der Waals surface area contributed by atoms with Crippen LogP contribution in [-0.2, 0) is 6.61 Å². The van der Waals surface area contributed by atoms with Gasteiger partial charge >= 0.3 is 0 Å². The van der Waals surface area contributed by atoms with Gasteiger partial charge in [0.1, 0.15) is 23.9 Å². The summed E-state index contributed by atoms with van der Waals surface area (Å²) >= 11 is 12.1. The highest BCUT2D eigenvalue weighted by Gasteiger charge is 2.12.